The fourth-order valence-electron chi connectivity index (χ4n) is 0.427. The van der Waals surface area contributed by atoms with Crippen LogP contribution in [0.15, 0.2) is 23.0 Å². The molecule has 1 radical (unpaired) electrons. The van der Waals surface area contributed by atoms with Crippen molar-refractivity contribution in [2.24, 2.45) is 0 Å². The van der Waals surface area contributed by atoms with Crippen LogP contribution in [-0.2, 0) is 9.15 Å². The Hall–Kier alpha value is 0.740. The normalized spacial score (nSPS) is 17.3. The monoisotopic (exact) mass is 187 g/mol. The Morgan fingerprint density at radius 2 is 1.60 bits per heavy atom. The van der Waals surface area contributed by atoms with Crippen LogP contribution in [-0.4, -0.2) is 13.0 Å². The van der Waals surface area contributed by atoms with Crippen molar-refractivity contribution >= 4 is 19.1 Å². The number of rotatable bonds is 1. The molecule has 1 aliphatic heterocycles. The third-order valence-electron chi connectivity index (χ3n) is 0.772. The average molecular weight is 187 g/mol. The zero-order chi connectivity index (χ0) is 6.91. The van der Waals surface area contributed by atoms with Gasteiger partial charge >= 0.3 is 29.6 Å². The summed E-state index contributed by atoms with van der Waals surface area (Å²) < 4.78 is 30.6. The summed E-state index contributed by atoms with van der Waals surface area (Å²) in [6.07, 6.45) is 3.11. The van der Waals surface area contributed by atoms with Crippen molar-refractivity contribution in [2.45, 2.75) is 0 Å². The van der Waals surface area contributed by atoms with E-state index in [1.807, 2.05) is 0 Å². The molecule has 0 aliphatic carbocycles. The maximum Gasteiger partial charge on any atom is 1.00 e. The largest absolute Gasteiger partial charge is 1.00 e. The first-order valence-corrected chi connectivity index (χ1v) is 5.41. The van der Waals surface area contributed by atoms with E-state index in [-0.39, 0.29) is 29.6 Å². The van der Waals surface area contributed by atoms with Crippen molar-refractivity contribution < 1.29 is 42.5 Å². The van der Waals surface area contributed by atoms with Crippen LogP contribution in [0.5, 0.6) is 0 Å². The van der Waals surface area contributed by atoms with Gasteiger partial charge in [0, 0.05) is 0 Å². The maximum atomic E-state index is 10.2. The molecule has 0 unspecified atom stereocenters. The summed E-state index contributed by atoms with van der Waals surface area (Å²) in [6.45, 7) is 0. The second kappa shape index (κ2) is 3.94. The SMILES string of the molecule is O=S(=O)([O-])[S]1C=CC=C1.[Na+]. The molecule has 1 heterocycles. The third kappa shape index (κ3) is 2.77. The predicted molar refractivity (Wildman–Crippen MR) is 35.6 cm³/mol. The first kappa shape index (κ1) is 10.7. The van der Waals surface area contributed by atoms with E-state index in [1.54, 1.807) is 12.2 Å². The molecule has 0 aromatic heterocycles. The van der Waals surface area contributed by atoms with Gasteiger partial charge in [-0.25, -0.2) is 8.42 Å². The van der Waals surface area contributed by atoms with Crippen molar-refractivity contribution in [3.05, 3.63) is 23.0 Å². The van der Waals surface area contributed by atoms with E-state index in [2.05, 4.69) is 0 Å². The van der Waals surface area contributed by atoms with Gasteiger partial charge in [-0.1, -0.05) is 22.1 Å². The van der Waals surface area contributed by atoms with Gasteiger partial charge in [0.15, 0.2) is 0 Å². The summed E-state index contributed by atoms with van der Waals surface area (Å²) in [5, 5.41) is 2.75. The van der Waals surface area contributed by atoms with E-state index >= 15 is 0 Å². The summed E-state index contributed by atoms with van der Waals surface area (Å²) in [4.78, 5) is 0. The molecule has 0 spiro atoms. The molecule has 0 aromatic carbocycles. The predicted octanol–water partition coefficient (Wildman–Crippen LogP) is -2.24. The molecule has 0 aromatic rings. The van der Waals surface area contributed by atoms with Gasteiger partial charge in [-0.05, 0) is 10.8 Å². The molecule has 1 rings (SSSR count). The Kier molecular flexibility index (Phi) is 4.23. The summed E-state index contributed by atoms with van der Waals surface area (Å²) in [5.74, 6) is 0. The molecule has 51 valence electrons. The zero-order valence-corrected chi connectivity index (χ0v) is 8.98. The van der Waals surface area contributed by atoms with Crippen molar-refractivity contribution in [1.29, 1.82) is 0 Å². The minimum Gasteiger partial charge on any atom is -0.739 e. The van der Waals surface area contributed by atoms with Crippen LogP contribution >= 0.6 is 9.93 Å². The van der Waals surface area contributed by atoms with Crippen LogP contribution in [0, 0.1) is 0 Å². The number of hydrogen-bond acceptors (Lipinski definition) is 3. The molecule has 6 heteroatoms. The molecule has 1 aliphatic rings. The first-order chi connectivity index (χ1) is 4.11. The van der Waals surface area contributed by atoms with Crippen LogP contribution < -0.4 is 29.6 Å². The van der Waals surface area contributed by atoms with E-state index in [1.165, 1.54) is 10.8 Å². The first-order valence-electron chi connectivity index (χ1n) is 2.14. The summed E-state index contributed by atoms with van der Waals surface area (Å²) in [5.41, 5.74) is 0. The zero-order valence-electron chi connectivity index (χ0n) is 5.35. The Morgan fingerprint density at radius 3 is 1.80 bits per heavy atom. The van der Waals surface area contributed by atoms with E-state index < -0.39 is 19.1 Å². The van der Waals surface area contributed by atoms with Crippen LogP contribution in [0.2, 0.25) is 0 Å². The van der Waals surface area contributed by atoms with Gasteiger partial charge in [-0.3, -0.25) is 0 Å². The standard InChI is InChI=1S/C4H5O3S2.Na/c5-9(6,7)8-3-1-2-4-8;/h1-4H,(H,5,6,7);/q;+1/p-1. The number of allylic oxidation sites excluding steroid dienone is 2. The molecule has 0 N–H and O–H groups in total. The van der Waals surface area contributed by atoms with Gasteiger partial charge in [0.2, 0.25) is 0 Å². The van der Waals surface area contributed by atoms with Gasteiger partial charge in [0.25, 0.3) is 0 Å². The van der Waals surface area contributed by atoms with Crippen LogP contribution in [0.1, 0.15) is 0 Å². The summed E-state index contributed by atoms with van der Waals surface area (Å²) in [6, 6.07) is 0. The minimum absolute atomic E-state index is 0. The molecule has 0 amide bonds. The van der Waals surface area contributed by atoms with Crippen LogP contribution in [0.4, 0.5) is 0 Å². The second-order valence-corrected chi connectivity index (χ2v) is 5.79. The van der Waals surface area contributed by atoms with E-state index in [4.69, 9.17) is 0 Å². The van der Waals surface area contributed by atoms with Crippen molar-refractivity contribution in [1.82, 2.24) is 0 Å². The fourth-order valence-corrected chi connectivity index (χ4v) is 2.48. The third-order valence-corrected chi connectivity index (χ3v) is 4.18. The Balaban J connectivity index is 0.000000810. The molecular formula is C4H4NaO3S2. The Morgan fingerprint density at radius 1 is 1.20 bits per heavy atom. The van der Waals surface area contributed by atoms with E-state index in [0.29, 0.717) is 0 Å². The molecule has 0 fully saturated rings. The molecule has 0 saturated carbocycles. The van der Waals surface area contributed by atoms with Crippen molar-refractivity contribution in [2.75, 3.05) is 0 Å². The van der Waals surface area contributed by atoms with Crippen LogP contribution in [0.25, 0.3) is 0 Å². The van der Waals surface area contributed by atoms with Crippen molar-refractivity contribution in [3.8, 4) is 0 Å². The Labute approximate surface area is 84.0 Å². The fraction of sp³-hybridized carbons (Fsp3) is 0. The van der Waals surface area contributed by atoms with Gasteiger partial charge in [0.05, 0.1) is 0 Å². The average Bonchev–Trinajstić information content (AvgIpc) is 2.08. The Bertz CT molecular complexity index is 242. The summed E-state index contributed by atoms with van der Waals surface area (Å²) >= 11 is 0. The van der Waals surface area contributed by atoms with Gasteiger partial charge in [-0.15, -0.1) is 0 Å². The number of hydrogen-bond donors (Lipinski definition) is 0. The topological polar surface area (TPSA) is 57.2 Å². The smallest absolute Gasteiger partial charge is 0.739 e. The maximum absolute atomic E-state index is 10.2. The molecule has 0 atom stereocenters. The minimum atomic E-state index is -4.10. The molecule has 10 heavy (non-hydrogen) atoms. The molecule has 0 saturated heterocycles. The van der Waals surface area contributed by atoms with Crippen LogP contribution in [0.3, 0.4) is 0 Å². The second-order valence-electron chi connectivity index (χ2n) is 1.39. The van der Waals surface area contributed by atoms with Gasteiger partial charge in [-0.2, -0.15) is 0 Å². The molecular weight excluding hydrogens is 183 g/mol. The molecule has 3 nitrogen and oxygen atoms in total. The van der Waals surface area contributed by atoms with E-state index in [9.17, 15) is 13.0 Å². The quantitative estimate of drug-likeness (QED) is 0.265. The van der Waals surface area contributed by atoms with Crippen molar-refractivity contribution in [3.63, 3.8) is 0 Å². The van der Waals surface area contributed by atoms with Gasteiger partial charge in [0.1, 0.15) is 9.15 Å². The molecule has 0 bridgehead atoms. The van der Waals surface area contributed by atoms with E-state index in [0.717, 1.165) is 0 Å². The van der Waals surface area contributed by atoms with Gasteiger partial charge < -0.3 is 4.55 Å². The summed E-state index contributed by atoms with van der Waals surface area (Å²) in [7, 11) is -5.29.